The smallest absolute Gasteiger partial charge is 0.280 e. The molecule has 3 N–H and O–H groups in total. The van der Waals surface area contributed by atoms with Crippen molar-refractivity contribution in [2.24, 2.45) is 0 Å². The van der Waals surface area contributed by atoms with Crippen LogP contribution in [0.25, 0.3) is 11.5 Å². The van der Waals surface area contributed by atoms with Crippen LogP contribution in [0.15, 0.2) is 47.7 Å². The number of carbonyl (C=O) groups excluding carboxylic acids is 1. The van der Waals surface area contributed by atoms with E-state index >= 15 is 0 Å². The molecule has 1 fully saturated rings. The van der Waals surface area contributed by atoms with Gasteiger partial charge in [-0.05, 0) is 12.1 Å². The molecule has 5 rings (SSSR count). The van der Waals surface area contributed by atoms with Gasteiger partial charge in [-0.15, -0.1) is 0 Å². The second-order valence-electron chi connectivity index (χ2n) is 7.80. The van der Waals surface area contributed by atoms with Gasteiger partial charge in [-0.1, -0.05) is 0 Å². The highest BCUT2D eigenvalue weighted by molar-refractivity contribution is 6.00. The highest BCUT2D eigenvalue weighted by Crippen LogP contribution is 2.26. The predicted molar refractivity (Wildman–Crippen MR) is 123 cm³/mol. The molecule has 4 aromatic rings. The van der Waals surface area contributed by atoms with E-state index in [4.69, 9.17) is 4.74 Å². The molecule has 0 aromatic carbocycles. The van der Waals surface area contributed by atoms with E-state index in [0.717, 1.165) is 10.6 Å². The number of hydrogen-bond acceptors (Lipinski definition) is 8. The maximum atomic E-state index is 14.5. The van der Waals surface area contributed by atoms with Crippen LogP contribution in [-0.4, -0.2) is 56.4 Å². The fourth-order valence-electron chi connectivity index (χ4n) is 3.52. The fourth-order valence-corrected chi connectivity index (χ4v) is 3.52. The number of aromatic nitrogens is 5. The Kier molecular flexibility index (Phi) is 5.51. The number of anilines is 3. The molecule has 1 amide bonds. The summed E-state index contributed by atoms with van der Waals surface area (Å²) >= 11 is 0. The number of pyridine rings is 2. The summed E-state index contributed by atoms with van der Waals surface area (Å²) in [6.07, 6.45) is 3.25. The van der Waals surface area contributed by atoms with Crippen molar-refractivity contribution in [3.8, 4) is 11.6 Å². The molecule has 0 saturated heterocycles. The van der Waals surface area contributed by atoms with Gasteiger partial charge in [0, 0.05) is 31.8 Å². The van der Waals surface area contributed by atoms with Gasteiger partial charge < -0.3 is 20.7 Å². The summed E-state index contributed by atoms with van der Waals surface area (Å²) in [4.78, 5) is 34.1. The van der Waals surface area contributed by atoms with E-state index in [9.17, 15) is 18.4 Å². The van der Waals surface area contributed by atoms with E-state index in [1.165, 1.54) is 36.3 Å². The first-order valence-corrected chi connectivity index (χ1v) is 10.6. The quantitative estimate of drug-likeness (QED) is 0.365. The van der Waals surface area contributed by atoms with E-state index in [-0.39, 0.29) is 40.7 Å². The van der Waals surface area contributed by atoms with Crippen LogP contribution >= 0.6 is 0 Å². The first-order valence-electron chi connectivity index (χ1n) is 10.6. The summed E-state index contributed by atoms with van der Waals surface area (Å²) < 4.78 is 35.2. The van der Waals surface area contributed by atoms with Gasteiger partial charge in [0.1, 0.15) is 34.8 Å². The lowest BCUT2D eigenvalue weighted by Crippen LogP contribution is -2.27. The van der Waals surface area contributed by atoms with Crippen LogP contribution in [-0.2, 0) is 0 Å². The van der Waals surface area contributed by atoms with Crippen molar-refractivity contribution in [3.05, 3.63) is 64.6 Å². The van der Waals surface area contributed by atoms with Gasteiger partial charge in [-0.2, -0.15) is 9.61 Å². The molecular weight excluding hydrogens is 462 g/mol. The van der Waals surface area contributed by atoms with E-state index in [2.05, 4.69) is 31.0 Å². The maximum absolute atomic E-state index is 14.5. The van der Waals surface area contributed by atoms with Gasteiger partial charge in [-0.3, -0.25) is 14.2 Å². The average molecular weight is 482 g/mol. The number of fused-ring (bicyclic) bond motifs is 1. The average Bonchev–Trinajstić information content (AvgIpc) is 3.36. The van der Waals surface area contributed by atoms with Crippen LogP contribution < -0.4 is 26.2 Å². The summed E-state index contributed by atoms with van der Waals surface area (Å²) in [5.74, 6) is -0.508. The lowest BCUT2D eigenvalue weighted by Gasteiger charge is -2.12. The molecule has 1 saturated carbocycles. The Labute approximate surface area is 196 Å². The van der Waals surface area contributed by atoms with Gasteiger partial charge in [0.15, 0.2) is 17.3 Å². The minimum atomic E-state index is -1.05. The zero-order valence-electron chi connectivity index (χ0n) is 18.6. The van der Waals surface area contributed by atoms with Crippen LogP contribution in [0.5, 0.6) is 5.75 Å². The minimum Gasteiger partial charge on any atom is -0.495 e. The molecule has 0 radical (unpaired) electrons. The number of alkyl halides is 1. The summed E-state index contributed by atoms with van der Waals surface area (Å²) in [5.41, 5.74) is -0.135. The van der Waals surface area contributed by atoms with E-state index in [1.807, 2.05) is 0 Å². The lowest BCUT2D eigenvalue weighted by atomic mass is 10.3. The Balaban J connectivity index is 1.51. The fraction of sp³-hybridized carbons (Fsp3) is 0.227. The van der Waals surface area contributed by atoms with Crippen molar-refractivity contribution in [1.82, 2.24) is 29.5 Å². The summed E-state index contributed by atoms with van der Waals surface area (Å²) in [6, 6.07) is 5.25. The third-order valence-corrected chi connectivity index (χ3v) is 5.47. The highest BCUT2D eigenvalue weighted by atomic mass is 19.1. The van der Waals surface area contributed by atoms with Gasteiger partial charge in [-0.25, -0.2) is 18.7 Å². The second-order valence-corrected chi connectivity index (χ2v) is 7.80. The van der Waals surface area contributed by atoms with Gasteiger partial charge >= 0.3 is 0 Å². The number of halogens is 2. The third kappa shape index (κ3) is 4.11. The normalized spacial score (nSPS) is 16.7. The molecule has 4 heterocycles. The van der Waals surface area contributed by atoms with E-state index in [1.54, 1.807) is 19.2 Å². The molecule has 11 nitrogen and oxygen atoms in total. The standard InChI is InChI=1S/C22H20F2N8O3/c1-25-18-8-17(30-19-12(10-27-32(18)19)21(33)29-16-7-13(16)23)28-15-4-3-5-31(22(15)34)20-14(24)6-11(35-2)9-26-20/h3-6,8-10,13,16,25H,7H2,1-2H3,(H,28,30)(H,29,33)/t13-,16+/m1/s1. The zero-order valence-corrected chi connectivity index (χ0v) is 18.6. The first-order chi connectivity index (χ1) is 16.9. The van der Waals surface area contributed by atoms with Crippen molar-refractivity contribution in [1.29, 1.82) is 0 Å². The predicted octanol–water partition coefficient (Wildman–Crippen LogP) is 2.05. The van der Waals surface area contributed by atoms with Crippen LogP contribution in [0.2, 0.25) is 0 Å². The number of carbonyl (C=O) groups is 1. The van der Waals surface area contributed by atoms with Crippen LogP contribution in [0.1, 0.15) is 16.8 Å². The molecule has 0 unspecified atom stereocenters. The van der Waals surface area contributed by atoms with Crippen LogP contribution in [0.4, 0.5) is 26.1 Å². The molecule has 35 heavy (non-hydrogen) atoms. The van der Waals surface area contributed by atoms with Crippen molar-refractivity contribution in [3.63, 3.8) is 0 Å². The molecule has 180 valence electrons. The molecule has 0 spiro atoms. The van der Waals surface area contributed by atoms with Crippen molar-refractivity contribution < 1.29 is 18.3 Å². The number of ether oxygens (including phenoxy) is 1. The highest BCUT2D eigenvalue weighted by Gasteiger charge is 2.39. The summed E-state index contributed by atoms with van der Waals surface area (Å²) in [6.45, 7) is 0. The number of nitrogens with one attached hydrogen (secondary N) is 3. The molecule has 2 atom stereocenters. The van der Waals surface area contributed by atoms with Crippen LogP contribution in [0, 0.1) is 5.82 Å². The monoisotopic (exact) mass is 482 g/mol. The molecule has 1 aliphatic carbocycles. The first kappa shape index (κ1) is 22.3. The third-order valence-electron chi connectivity index (χ3n) is 5.47. The van der Waals surface area contributed by atoms with E-state index < -0.39 is 29.5 Å². The van der Waals surface area contributed by atoms with E-state index in [0.29, 0.717) is 5.82 Å². The minimum absolute atomic E-state index is 0.0900. The Morgan fingerprint density at radius 3 is 2.77 bits per heavy atom. The Morgan fingerprint density at radius 1 is 1.29 bits per heavy atom. The summed E-state index contributed by atoms with van der Waals surface area (Å²) in [5, 5.41) is 12.7. The number of amides is 1. The topological polar surface area (TPSA) is 127 Å². The Morgan fingerprint density at radius 2 is 2.09 bits per heavy atom. The molecule has 1 aliphatic rings. The molecular formula is C22H20F2N8O3. The molecule has 13 heteroatoms. The van der Waals surface area contributed by atoms with Gasteiger partial charge in [0.2, 0.25) is 0 Å². The second kappa shape index (κ2) is 8.66. The van der Waals surface area contributed by atoms with Gasteiger partial charge in [0.05, 0.1) is 25.5 Å². The SMILES string of the molecule is CNc1cc(Nc2cccn(-c3ncc(OC)cc3F)c2=O)nc2c(C(=O)N[C@H]3C[C@H]3F)cnn12. The number of nitrogens with zero attached hydrogens (tertiary/aromatic N) is 5. The Bertz CT molecular complexity index is 1500. The largest absolute Gasteiger partial charge is 0.495 e. The number of hydrogen-bond donors (Lipinski definition) is 3. The van der Waals surface area contributed by atoms with Gasteiger partial charge in [0.25, 0.3) is 11.5 Å². The summed E-state index contributed by atoms with van der Waals surface area (Å²) in [7, 11) is 3.04. The van der Waals surface area contributed by atoms with Crippen molar-refractivity contribution in [2.75, 3.05) is 24.8 Å². The Hall–Kier alpha value is -4.55. The lowest BCUT2D eigenvalue weighted by molar-refractivity contribution is 0.0949. The molecule has 0 bridgehead atoms. The zero-order chi connectivity index (χ0) is 24.7. The van der Waals surface area contributed by atoms with Crippen LogP contribution in [0.3, 0.4) is 0 Å². The molecule has 0 aliphatic heterocycles. The number of rotatable bonds is 7. The molecule has 4 aromatic heterocycles. The maximum Gasteiger partial charge on any atom is 0.280 e. The van der Waals surface area contributed by atoms with Crippen molar-refractivity contribution in [2.45, 2.75) is 18.6 Å². The number of methoxy groups -OCH3 is 1. The van der Waals surface area contributed by atoms with Crippen molar-refractivity contribution >= 4 is 28.9 Å².